The molecule has 0 fully saturated rings. The van der Waals surface area contributed by atoms with Crippen molar-refractivity contribution in [2.24, 2.45) is 0 Å². The van der Waals surface area contributed by atoms with Crippen molar-refractivity contribution in [2.75, 3.05) is 30.0 Å². The zero-order chi connectivity index (χ0) is 13.5. The first-order valence-corrected chi connectivity index (χ1v) is 8.09. The van der Waals surface area contributed by atoms with Gasteiger partial charge in [-0.05, 0) is 40.2 Å². The number of fused-ring (bicyclic) bond motifs is 1. The van der Waals surface area contributed by atoms with Crippen LogP contribution in [0.3, 0.4) is 0 Å². The Morgan fingerprint density at radius 1 is 1.32 bits per heavy atom. The Bertz CT molecular complexity index is 538. The molecule has 2 aromatic rings. The minimum Gasteiger partial charge on any atom is -0.396 e. The SMILES string of the molecule is OCCCSCCNc1ccnc2cc(Br)cnc12. The van der Waals surface area contributed by atoms with Gasteiger partial charge < -0.3 is 10.4 Å². The maximum atomic E-state index is 8.69. The molecule has 0 bridgehead atoms. The smallest absolute Gasteiger partial charge is 0.112 e. The van der Waals surface area contributed by atoms with Gasteiger partial charge in [0.05, 0.1) is 11.2 Å². The number of halogens is 1. The summed E-state index contributed by atoms with van der Waals surface area (Å²) in [5.41, 5.74) is 2.79. The molecule has 0 aliphatic heterocycles. The van der Waals surface area contributed by atoms with Crippen molar-refractivity contribution in [1.82, 2.24) is 9.97 Å². The summed E-state index contributed by atoms with van der Waals surface area (Å²) in [5.74, 6) is 2.01. The topological polar surface area (TPSA) is 58.0 Å². The van der Waals surface area contributed by atoms with Crippen LogP contribution in [-0.4, -0.2) is 39.7 Å². The lowest BCUT2D eigenvalue weighted by atomic mass is 10.3. The molecule has 0 aliphatic carbocycles. The summed E-state index contributed by atoms with van der Waals surface area (Å²) in [6, 6.07) is 3.91. The van der Waals surface area contributed by atoms with Gasteiger partial charge in [-0.2, -0.15) is 11.8 Å². The minimum absolute atomic E-state index is 0.272. The van der Waals surface area contributed by atoms with Gasteiger partial charge in [0.1, 0.15) is 5.52 Å². The van der Waals surface area contributed by atoms with Crippen LogP contribution in [-0.2, 0) is 0 Å². The number of hydrogen-bond acceptors (Lipinski definition) is 5. The molecule has 0 unspecified atom stereocenters. The van der Waals surface area contributed by atoms with E-state index in [1.165, 1.54) is 0 Å². The van der Waals surface area contributed by atoms with Gasteiger partial charge in [0.25, 0.3) is 0 Å². The number of aliphatic hydroxyl groups excluding tert-OH is 1. The van der Waals surface area contributed by atoms with E-state index < -0.39 is 0 Å². The Morgan fingerprint density at radius 3 is 3.05 bits per heavy atom. The fraction of sp³-hybridized carbons (Fsp3) is 0.385. The number of aromatic nitrogens is 2. The van der Waals surface area contributed by atoms with Crippen LogP contribution in [0.2, 0.25) is 0 Å². The lowest BCUT2D eigenvalue weighted by Crippen LogP contribution is -2.06. The molecule has 102 valence electrons. The highest BCUT2D eigenvalue weighted by Gasteiger charge is 2.03. The average Bonchev–Trinajstić information content (AvgIpc) is 2.42. The summed E-state index contributed by atoms with van der Waals surface area (Å²) < 4.78 is 0.934. The lowest BCUT2D eigenvalue weighted by molar-refractivity contribution is 0.296. The Balaban J connectivity index is 1.93. The van der Waals surface area contributed by atoms with Crippen molar-refractivity contribution >= 4 is 44.4 Å². The normalized spacial score (nSPS) is 10.8. The number of thioether (sulfide) groups is 1. The zero-order valence-corrected chi connectivity index (χ0v) is 12.9. The highest BCUT2D eigenvalue weighted by Crippen LogP contribution is 2.21. The first kappa shape index (κ1) is 14.6. The molecule has 0 saturated heterocycles. The summed E-state index contributed by atoms with van der Waals surface area (Å²) in [6.45, 7) is 1.15. The monoisotopic (exact) mass is 341 g/mol. The van der Waals surface area contributed by atoms with E-state index in [1.807, 2.05) is 23.9 Å². The molecule has 4 nitrogen and oxygen atoms in total. The molecule has 2 N–H and O–H groups in total. The molecule has 0 spiro atoms. The van der Waals surface area contributed by atoms with Crippen molar-refractivity contribution in [2.45, 2.75) is 6.42 Å². The molecular weight excluding hydrogens is 326 g/mol. The third kappa shape index (κ3) is 4.33. The number of nitrogens with zero attached hydrogens (tertiary/aromatic N) is 2. The average molecular weight is 342 g/mol. The predicted octanol–water partition coefficient (Wildman–Crippen LogP) is 2.92. The van der Waals surface area contributed by atoms with Crippen LogP contribution in [0.15, 0.2) is 29.0 Å². The van der Waals surface area contributed by atoms with E-state index >= 15 is 0 Å². The van der Waals surface area contributed by atoms with Crippen LogP contribution in [0.1, 0.15) is 6.42 Å². The third-order valence-corrected chi connectivity index (χ3v) is 4.06. The zero-order valence-electron chi connectivity index (χ0n) is 10.5. The molecule has 0 aromatic carbocycles. The van der Waals surface area contributed by atoms with Gasteiger partial charge in [-0.25, -0.2) is 0 Å². The van der Waals surface area contributed by atoms with E-state index in [2.05, 4.69) is 31.2 Å². The first-order chi connectivity index (χ1) is 9.31. The number of anilines is 1. The molecular formula is C13H16BrN3OS. The highest BCUT2D eigenvalue weighted by atomic mass is 79.9. The Hall–Kier alpha value is -0.850. The van der Waals surface area contributed by atoms with E-state index in [4.69, 9.17) is 5.11 Å². The quantitative estimate of drug-likeness (QED) is 0.758. The van der Waals surface area contributed by atoms with E-state index in [1.54, 1.807) is 12.4 Å². The standard InChI is InChI=1S/C13H16BrN3OS/c14-10-8-12-13(17-9-10)11(2-3-15-12)16-4-7-19-6-1-5-18/h2-3,8-9,18H,1,4-7H2,(H,15,16). The van der Waals surface area contributed by atoms with Crippen molar-refractivity contribution in [1.29, 1.82) is 0 Å². The molecule has 0 saturated carbocycles. The second kappa shape index (κ2) is 7.67. The number of nitrogens with one attached hydrogen (secondary N) is 1. The van der Waals surface area contributed by atoms with Crippen LogP contribution in [0.4, 0.5) is 5.69 Å². The summed E-state index contributed by atoms with van der Waals surface area (Å²) in [7, 11) is 0. The van der Waals surface area contributed by atoms with E-state index in [0.717, 1.165) is 45.7 Å². The lowest BCUT2D eigenvalue weighted by Gasteiger charge is -2.08. The summed E-state index contributed by atoms with van der Waals surface area (Å²) >= 11 is 5.24. The number of aliphatic hydroxyl groups is 1. The fourth-order valence-corrected chi connectivity index (χ4v) is 2.78. The highest BCUT2D eigenvalue weighted by molar-refractivity contribution is 9.10. The van der Waals surface area contributed by atoms with E-state index in [0.29, 0.717) is 0 Å². The van der Waals surface area contributed by atoms with Crippen molar-refractivity contribution in [3.05, 3.63) is 29.0 Å². The van der Waals surface area contributed by atoms with Crippen LogP contribution in [0.5, 0.6) is 0 Å². The van der Waals surface area contributed by atoms with Gasteiger partial charge in [-0.1, -0.05) is 0 Å². The van der Waals surface area contributed by atoms with Crippen LogP contribution >= 0.6 is 27.7 Å². The molecule has 2 heterocycles. The minimum atomic E-state index is 0.272. The second-order valence-electron chi connectivity index (χ2n) is 4.00. The molecule has 0 radical (unpaired) electrons. The number of pyridine rings is 2. The van der Waals surface area contributed by atoms with E-state index in [9.17, 15) is 0 Å². The van der Waals surface area contributed by atoms with Gasteiger partial charge in [-0.15, -0.1) is 0 Å². The number of rotatable bonds is 7. The van der Waals surface area contributed by atoms with Crippen LogP contribution in [0.25, 0.3) is 11.0 Å². The Morgan fingerprint density at radius 2 is 2.21 bits per heavy atom. The second-order valence-corrected chi connectivity index (χ2v) is 6.14. The third-order valence-electron chi connectivity index (χ3n) is 2.55. The van der Waals surface area contributed by atoms with Gasteiger partial charge in [-0.3, -0.25) is 9.97 Å². The van der Waals surface area contributed by atoms with Crippen LogP contribution in [0, 0.1) is 0 Å². The molecule has 2 aromatic heterocycles. The molecule has 2 rings (SSSR count). The maximum Gasteiger partial charge on any atom is 0.112 e. The molecule has 0 aliphatic rings. The largest absolute Gasteiger partial charge is 0.396 e. The summed E-state index contributed by atoms with van der Waals surface area (Å²) in [5, 5.41) is 12.1. The molecule has 0 atom stereocenters. The molecule has 0 amide bonds. The summed E-state index contributed by atoms with van der Waals surface area (Å²) in [4.78, 5) is 8.70. The van der Waals surface area contributed by atoms with Gasteiger partial charge in [0.2, 0.25) is 0 Å². The maximum absolute atomic E-state index is 8.69. The van der Waals surface area contributed by atoms with Crippen molar-refractivity contribution in [3.63, 3.8) is 0 Å². The van der Waals surface area contributed by atoms with Gasteiger partial charge in [0, 0.05) is 35.8 Å². The summed E-state index contributed by atoms with van der Waals surface area (Å²) in [6.07, 6.45) is 4.43. The van der Waals surface area contributed by atoms with E-state index in [-0.39, 0.29) is 6.61 Å². The van der Waals surface area contributed by atoms with Gasteiger partial charge in [0.15, 0.2) is 0 Å². The number of hydrogen-bond donors (Lipinski definition) is 2. The van der Waals surface area contributed by atoms with Crippen molar-refractivity contribution in [3.8, 4) is 0 Å². The first-order valence-electron chi connectivity index (χ1n) is 6.14. The predicted molar refractivity (Wildman–Crippen MR) is 84.8 cm³/mol. The Kier molecular flexibility index (Phi) is 5.88. The van der Waals surface area contributed by atoms with Gasteiger partial charge >= 0.3 is 0 Å². The fourth-order valence-electron chi connectivity index (χ4n) is 1.67. The molecule has 6 heteroatoms. The Labute approximate surface area is 125 Å². The van der Waals surface area contributed by atoms with Crippen LogP contribution < -0.4 is 5.32 Å². The van der Waals surface area contributed by atoms with Crippen molar-refractivity contribution < 1.29 is 5.11 Å². The molecule has 19 heavy (non-hydrogen) atoms.